The number of nitrogens with two attached hydrogens (primary N) is 1. The summed E-state index contributed by atoms with van der Waals surface area (Å²) in [5.41, 5.74) is 9.48. The summed E-state index contributed by atoms with van der Waals surface area (Å²) in [6, 6.07) is 12.5. The largest absolute Gasteiger partial charge is 0.324 e. The van der Waals surface area contributed by atoms with E-state index in [1.165, 1.54) is 16.0 Å². The van der Waals surface area contributed by atoms with Crippen molar-refractivity contribution in [3.8, 4) is 0 Å². The molecule has 0 heterocycles. The molecular weight excluding hydrogens is 274 g/mol. The molecule has 0 amide bonds. The molecule has 0 aliphatic heterocycles. The van der Waals surface area contributed by atoms with E-state index in [9.17, 15) is 0 Å². The molecule has 2 N–H and O–H groups in total. The van der Waals surface area contributed by atoms with Crippen molar-refractivity contribution < 1.29 is 0 Å². The summed E-state index contributed by atoms with van der Waals surface area (Å²) < 4.78 is 0. The molecule has 19 heavy (non-hydrogen) atoms. The zero-order valence-corrected chi connectivity index (χ0v) is 13.0. The van der Waals surface area contributed by atoms with Gasteiger partial charge in [0.1, 0.15) is 0 Å². The minimum Gasteiger partial charge on any atom is -0.324 e. The van der Waals surface area contributed by atoms with Crippen molar-refractivity contribution in [3.05, 3.63) is 58.1 Å². The first-order valence-corrected chi connectivity index (χ1v) is 7.47. The summed E-state index contributed by atoms with van der Waals surface area (Å²) in [6.07, 6.45) is 0. The first kappa shape index (κ1) is 14.4. The van der Waals surface area contributed by atoms with Crippen LogP contribution in [0.4, 0.5) is 0 Å². The van der Waals surface area contributed by atoms with Crippen LogP contribution in [0.1, 0.15) is 29.7 Å². The predicted molar refractivity (Wildman–Crippen MR) is 84.1 cm³/mol. The summed E-state index contributed by atoms with van der Waals surface area (Å²) in [6.45, 7) is 6.19. The van der Waals surface area contributed by atoms with Crippen LogP contribution in [-0.2, 0) is 0 Å². The van der Waals surface area contributed by atoms with Crippen LogP contribution in [0, 0.1) is 13.8 Å². The summed E-state index contributed by atoms with van der Waals surface area (Å²) in [5.74, 6) is 0. The van der Waals surface area contributed by atoms with Crippen LogP contribution in [0.25, 0.3) is 0 Å². The molecule has 0 aliphatic carbocycles. The maximum Gasteiger partial charge on any atom is 0.0548 e. The topological polar surface area (TPSA) is 26.0 Å². The molecular formula is C16H18ClNS. The van der Waals surface area contributed by atoms with Crippen molar-refractivity contribution in [2.24, 2.45) is 5.73 Å². The van der Waals surface area contributed by atoms with Gasteiger partial charge in [0, 0.05) is 15.8 Å². The lowest BCUT2D eigenvalue weighted by molar-refractivity contribution is 0.817. The van der Waals surface area contributed by atoms with Crippen LogP contribution in [0.15, 0.2) is 46.2 Å². The van der Waals surface area contributed by atoms with Crippen LogP contribution in [0.5, 0.6) is 0 Å². The first-order chi connectivity index (χ1) is 8.97. The lowest BCUT2D eigenvalue weighted by Gasteiger charge is -2.11. The predicted octanol–water partition coefficient (Wildman–Crippen LogP) is 5.13. The molecule has 3 heteroatoms. The molecule has 100 valence electrons. The van der Waals surface area contributed by atoms with E-state index in [-0.39, 0.29) is 6.04 Å². The molecule has 0 saturated carbocycles. The number of rotatable bonds is 3. The zero-order valence-electron chi connectivity index (χ0n) is 11.4. The second-order valence-electron chi connectivity index (χ2n) is 4.85. The Bertz CT molecular complexity index is 593. The number of halogens is 1. The van der Waals surface area contributed by atoms with Crippen molar-refractivity contribution in [2.45, 2.75) is 36.6 Å². The third-order valence-corrected chi connectivity index (χ3v) is 4.71. The first-order valence-electron chi connectivity index (χ1n) is 6.27. The Morgan fingerprint density at radius 1 is 1.05 bits per heavy atom. The molecule has 0 bridgehead atoms. The third kappa shape index (κ3) is 3.53. The maximum atomic E-state index is 6.33. The quantitative estimate of drug-likeness (QED) is 0.848. The molecule has 0 spiro atoms. The van der Waals surface area contributed by atoms with E-state index in [1.807, 2.05) is 25.1 Å². The van der Waals surface area contributed by atoms with Gasteiger partial charge < -0.3 is 5.73 Å². The Hall–Kier alpha value is -0.960. The second kappa shape index (κ2) is 6.00. The highest BCUT2D eigenvalue weighted by atomic mass is 35.5. The molecule has 1 nitrogen and oxygen atoms in total. The van der Waals surface area contributed by atoms with E-state index >= 15 is 0 Å². The van der Waals surface area contributed by atoms with Crippen LogP contribution in [0.2, 0.25) is 5.02 Å². The van der Waals surface area contributed by atoms with E-state index in [4.69, 9.17) is 17.3 Å². The van der Waals surface area contributed by atoms with E-state index in [0.29, 0.717) is 0 Å². The van der Waals surface area contributed by atoms with Gasteiger partial charge in [-0.2, -0.15) is 0 Å². The number of hydrogen-bond acceptors (Lipinski definition) is 2. The van der Waals surface area contributed by atoms with Crippen molar-refractivity contribution in [1.29, 1.82) is 0 Å². The Morgan fingerprint density at radius 2 is 1.74 bits per heavy atom. The van der Waals surface area contributed by atoms with Crippen molar-refractivity contribution in [2.75, 3.05) is 0 Å². The van der Waals surface area contributed by atoms with Gasteiger partial charge in [0.05, 0.1) is 5.02 Å². The molecule has 1 atom stereocenters. The minimum atomic E-state index is 0.0117. The van der Waals surface area contributed by atoms with Gasteiger partial charge in [-0.3, -0.25) is 0 Å². The average molecular weight is 292 g/mol. The molecule has 2 aromatic carbocycles. The van der Waals surface area contributed by atoms with E-state index in [0.717, 1.165) is 15.5 Å². The van der Waals surface area contributed by atoms with Crippen LogP contribution in [-0.4, -0.2) is 0 Å². The molecule has 2 rings (SSSR count). The zero-order chi connectivity index (χ0) is 14.0. The van der Waals surface area contributed by atoms with E-state index in [1.54, 1.807) is 11.8 Å². The third-order valence-electron chi connectivity index (χ3n) is 3.03. The molecule has 0 saturated heterocycles. The van der Waals surface area contributed by atoms with Gasteiger partial charge in [0.25, 0.3) is 0 Å². The fourth-order valence-electron chi connectivity index (χ4n) is 1.92. The van der Waals surface area contributed by atoms with Crippen molar-refractivity contribution in [1.82, 2.24) is 0 Å². The highest BCUT2D eigenvalue weighted by molar-refractivity contribution is 7.99. The Kier molecular flexibility index (Phi) is 4.56. The van der Waals surface area contributed by atoms with Gasteiger partial charge in [-0.15, -0.1) is 0 Å². The second-order valence-corrected chi connectivity index (χ2v) is 6.34. The maximum absolute atomic E-state index is 6.33. The minimum absolute atomic E-state index is 0.0117. The lowest BCUT2D eigenvalue weighted by atomic mass is 10.1. The summed E-state index contributed by atoms with van der Waals surface area (Å²) in [4.78, 5) is 2.30. The molecule has 0 fully saturated rings. The van der Waals surface area contributed by atoms with Crippen molar-refractivity contribution >= 4 is 23.4 Å². The van der Waals surface area contributed by atoms with Crippen LogP contribution in [0.3, 0.4) is 0 Å². The molecule has 2 aromatic rings. The Balaban J connectivity index is 2.28. The van der Waals surface area contributed by atoms with Gasteiger partial charge in [-0.1, -0.05) is 47.1 Å². The normalized spacial score (nSPS) is 12.5. The fraction of sp³-hybridized carbons (Fsp3) is 0.250. The summed E-state index contributed by atoms with van der Waals surface area (Å²) in [7, 11) is 0. The van der Waals surface area contributed by atoms with E-state index in [2.05, 4.69) is 32.0 Å². The summed E-state index contributed by atoms with van der Waals surface area (Å²) in [5, 5.41) is 0.764. The highest BCUT2D eigenvalue weighted by Gasteiger charge is 2.08. The molecule has 0 radical (unpaired) electrons. The van der Waals surface area contributed by atoms with Gasteiger partial charge in [-0.05, 0) is 50.1 Å². The van der Waals surface area contributed by atoms with E-state index < -0.39 is 0 Å². The van der Waals surface area contributed by atoms with Gasteiger partial charge in [0.15, 0.2) is 0 Å². The van der Waals surface area contributed by atoms with Gasteiger partial charge >= 0.3 is 0 Å². The fourth-order valence-corrected chi connectivity index (χ4v) is 3.11. The standard InChI is InChI=1S/C16H18ClNS/c1-10-4-6-15(11(2)8-10)19-16-7-5-13(12(3)18)9-14(16)17/h4-9,12H,18H2,1-3H3. The highest BCUT2D eigenvalue weighted by Crippen LogP contribution is 2.36. The molecule has 0 aliphatic rings. The average Bonchev–Trinajstić information content (AvgIpc) is 2.34. The summed E-state index contributed by atoms with van der Waals surface area (Å²) >= 11 is 8.03. The van der Waals surface area contributed by atoms with Crippen LogP contribution >= 0.6 is 23.4 Å². The SMILES string of the molecule is Cc1ccc(Sc2ccc(C(C)N)cc2Cl)c(C)c1. The molecule has 0 aromatic heterocycles. The smallest absolute Gasteiger partial charge is 0.0548 e. The Morgan fingerprint density at radius 3 is 2.32 bits per heavy atom. The molecule has 1 unspecified atom stereocenters. The number of benzene rings is 2. The van der Waals surface area contributed by atoms with Gasteiger partial charge in [0.2, 0.25) is 0 Å². The number of hydrogen-bond donors (Lipinski definition) is 1. The number of aryl methyl sites for hydroxylation is 2. The lowest BCUT2D eigenvalue weighted by Crippen LogP contribution is -2.04. The van der Waals surface area contributed by atoms with Crippen molar-refractivity contribution in [3.63, 3.8) is 0 Å². The van der Waals surface area contributed by atoms with Crippen LogP contribution < -0.4 is 5.73 Å². The van der Waals surface area contributed by atoms with Gasteiger partial charge in [-0.25, -0.2) is 0 Å². The Labute approximate surface area is 124 Å². The monoisotopic (exact) mass is 291 g/mol.